The molecule has 1 unspecified atom stereocenters. The predicted molar refractivity (Wildman–Crippen MR) is 49.9 cm³/mol. The Bertz CT molecular complexity index is 169. The summed E-state index contributed by atoms with van der Waals surface area (Å²) in [7, 11) is 0. The van der Waals surface area contributed by atoms with Gasteiger partial charge in [-0.25, -0.2) is 0 Å². The van der Waals surface area contributed by atoms with E-state index in [9.17, 15) is 4.79 Å². The van der Waals surface area contributed by atoms with Crippen LogP contribution in [0, 0.1) is 5.41 Å². The minimum absolute atomic E-state index is 0.208. The molecular weight excluding hydrogens is 150 g/mol. The molecule has 0 aromatic rings. The van der Waals surface area contributed by atoms with Gasteiger partial charge in [0.1, 0.15) is 0 Å². The number of rotatable bonds is 0. The molecule has 0 aliphatic carbocycles. The van der Waals surface area contributed by atoms with Gasteiger partial charge < -0.3 is 5.32 Å². The maximum absolute atomic E-state index is 11.2. The van der Waals surface area contributed by atoms with Crippen molar-refractivity contribution in [2.75, 3.05) is 0 Å². The van der Waals surface area contributed by atoms with Crippen LogP contribution in [-0.4, -0.2) is 11.9 Å². The van der Waals surface area contributed by atoms with Crippen LogP contribution in [0.2, 0.25) is 0 Å². The van der Waals surface area contributed by atoms with Crippen molar-refractivity contribution in [3.8, 4) is 0 Å². The number of amides is 1. The Morgan fingerprint density at radius 3 is 2.58 bits per heavy atom. The molecule has 2 heteroatoms. The van der Waals surface area contributed by atoms with Crippen LogP contribution in [0.5, 0.6) is 0 Å². The van der Waals surface area contributed by atoms with Crippen molar-refractivity contribution in [2.24, 2.45) is 5.41 Å². The van der Waals surface area contributed by atoms with Crippen LogP contribution in [0.15, 0.2) is 0 Å². The van der Waals surface area contributed by atoms with E-state index < -0.39 is 0 Å². The average molecular weight is 169 g/mol. The van der Waals surface area contributed by atoms with Crippen LogP contribution < -0.4 is 5.32 Å². The van der Waals surface area contributed by atoms with E-state index in [1.54, 1.807) is 0 Å². The van der Waals surface area contributed by atoms with Crippen LogP contribution >= 0.6 is 0 Å². The van der Waals surface area contributed by atoms with Crippen molar-refractivity contribution in [3.63, 3.8) is 0 Å². The number of nitrogens with one attached hydrogen (secondary N) is 1. The highest BCUT2D eigenvalue weighted by molar-refractivity contribution is 5.76. The fourth-order valence-corrected chi connectivity index (χ4v) is 1.62. The molecule has 1 amide bonds. The average Bonchev–Trinajstić information content (AvgIpc) is 2.11. The summed E-state index contributed by atoms with van der Waals surface area (Å²) >= 11 is 0. The summed E-state index contributed by atoms with van der Waals surface area (Å²) in [5.41, 5.74) is 0.208. The minimum Gasteiger partial charge on any atom is -0.353 e. The zero-order valence-corrected chi connectivity index (χ0v) is 8.31. The van der Waals surface area contributed by atoms with Crippen molar-refractivity contribution < 1.29 is 4.79 Å². The lowest BCUT2D eigenvalue weighted by atomic mass is 9.84. The second-order valence-electron chi connectivity index (χ2n) is 4.73. The molecule has 1 saturated heterocycles. The number of hydrogen-bond donors (Lipinski definition) is 1. The Balaban J connectivity index is 2.58. The molecule has 12 heavy (non-hydrogen) atoms. The van der Waals surface area contributed by atoms with Crippen LogP contribution in [0.3, 0.4) is 0 Å². The monoisotopic (exact) mass is 169 g/mol. The minimum atomic E-state index is 0.208. The van der Waals surface area contributed by atoms with E-state index >= 15 is 0 Å². The van der Waals surface area contributed by atoms with E-state index in [1.165, 1.54) is 6.42 Å². The van der Waals surface area contributed by atoms with Gasteiger partial charge in [-0.3, -0.25) is 4.79 Å². The summed E-state index contributed by atoms with van der Waals surface area (Å²) in [4.78, 5) is 11.2. The van der Waals surface area contributed by atoms with Gasteiger partial charge in [-0.1, -0.05) is 27.2 Å². The van der Waals surface area contributed by atoms with Gasteiger partial charge in [0.15, 0.2) is 0 Å². The second-order valence-corrected chi connectivity index (χ2v) is 4.73. The summed E-state index contributed by atoms with van der Waals surface area (Å²) in [6, 6.07) is 0.368. The Labute approximate surface area is 74.7 Å². The maximum atomic E-state index is 11.2. The third kappa shape index (κ3) is 2.50. The smallest absolute Gasteiger partial charge is 0.220 e. The highest BCUT2D eigenvalue weighted by Gasteiger charge is 2.27. The topological polar surface area (TPSA) is 29.1 Å². The quantitative estimate of drug-likeness (QED) is 0.591. The number of carbonyl (C=O) groups excluding carboxylic acids is 1. The molecule has 2 nitrogen and oxygen atoms in total. The molecule has 1 aliphatic rings. The van der Waals surface area contributed by atoms with Crippen molar-refractivity contribution in [1.29, 1.82) is 0 Å². The van der Waals surface area contributed by atoms with Crippen LogP contribution in [0.4, 0.5) is 0 Å². The fraction of sp³-hybridized carbons (Fsp3) is 0.900. The molecule has 0 aromatic heterocycles. The molecular formula is C10H19NO. The van der Waals surface area contributed by atoms with Gasteiger partial charge >= 0.3 is 0 Å². The first-order valence-corrected chi connectivity index (χ1v) is 4.79. The molecule has 1 rings (SSSR count). The van der Waals surface area contributed by atoms with Gasteiger partial charge in [-0.15, -0.1) is 0 Å². The Hall–Kier alpha value is -0.530. The molecule has 1 N–H and O–H groups in total. The first-order chi connectivity index (χ1) is 5.50. The van der Waals surface area contributed by atoms with E-state index in [0.29, 0.717) is 12.5 Å². The van der Waals surface area contributed by atoms with Crippen LogP contribution in [0.1, 0.15) is 46.5 Å². The molecule has 0 saturated carbocycles. The lowest BCUT2D eigenvalue weighted by Gasteiger charge is -2.30. The van der Waals surface area contributed by atoms with Crippen molar-refractivity contribution in [2.45, 2.75) is 52.5 Å². The summed E-state index contributed by atoms with van der Waals surface area (Å²) in [6.45, 7) is 6.55. The lowest BCUT2D eigenvalue weighted by Crippen LogP contribution is -2.42. The van der Waals surface area contributed by atoms with E-state index in [2.05, 4.69) is 26.1 Å². The van der Waals surface area contributed by atoms with Gasteiger partial charge in [-0.05, 0) is 18.3 Å². The molecule has 1 fully saturated rings. The van der Waals surface area contributed by atoms with E-state index in [0.717, 1.165) is 12.8 Å². The van der Waals surface area contributed by atoms with Crippen LogP contribution in [0.25, 0.3) is 0 Å². The van der Waals surface area contributed by atoms with Crippen molar-refractivity contribution >= 4 is 5.91 Å². The maximum Gasteiger partial charge on any atom is 0.220 e. The van der Waals surface area contributed by atoms with Gasteiger partial charge in [0.2, 0.25) is 5.91 Å². The summed E-state index contributed by atoms with van der Waals surface area (Å²) in [6.07, 6.45) is 4.08. The molecule has 0 radical (unpaired) electrons. The molecule has 0 bridgehead atoms. The highest BCUT2D eigenvalue weighted by atomic mass is 16.1. The zero-order chi connectivity index (χ0) is 9.19. The molecule has 0 aromatic carbocycles. The summed E-state index contributed by atoms with van der Waals surface area (Å²) in [5.74, 6) is 0.229. The van der Waals surface area contributed by atoms with Gasteiger partial charge in [0, 0.05) is 12.5 Å². The Morgan fingerprint density at radius 1 is 1.33 bits per heavy atom. The summed E-state index contributed by atoms with van der Waals surface area (Å²) < 4.78 is 0. The lowest BCUT2D eigenvalue weighted by molar-refractivity contribution is -0.122. The zero-order valence-electron chi connectivity index (χ0n) is 8.31. The van der Waals surface area contributed by atoms with Crippen molar-refractivity contribution in [1.82, 2.24) is 5.32 Å². The first-order valence-electron chi connectivity index (χ1n) is 4.79. The third-order valence-corrected chi connectivity index (χ3v) is 2.53. The third-order valence-electron chi connectivity index (χ3n) is 2.53. The Morgan fingerprint density at radius 2 is 2.00 bits per heavy atom. The Kier molecular flexibility index (Phi) is 2.76. The second kappa shape index (κ2) is 3.46. The largest absolute Gasteiger partial charge is 0.353 e. The molecule has 1 heterocycles. The van der Waals surface area contributed by atoms with E-state index in [-0.39, 0.29) is 11.3 Å². The van der Waals surface area contributed by atoms with Gasteiger partial charge in [0.25, 0.3) is 0 Å². The first kappa shape index (κ1) is 9.56. The highest BCUT2D eigenvalue weighted by Crippen LogP contribution is 2.25. The van der Waals surface area contributed by atoms with Gasteiger partial charge in [0.05, 0.1) is 0 Å². The SMILES string of the molecule is CC(C)(C)C1CCCCC(=O)N1. The molecule has 70 valence electrons. The van der Waals surface area contributed by atoms with Crippen LogP contribution in [-0.2, 0) is 4.79 Å². The van der Waals surface area contributed by atoms with Crippen molar-refractivity contribution in [3.05, 3.63) is 0 Å². The number of hydrogen-bond acceptors (Lipinski definition) is 1. The summed E-state index contributed by atoms with van der Waals surface area (Å²) in [5, 5.41) is 3.08. The molecule has 1 aliphatic heterocycles. The molecule has 1 atom stereocenters. The standard InChI is InChI=1S/C10H19NO/c1-10(2,3)8-6-4-5-7-9(12)11-8/h8H,4-7H2,1-3H3,(H,11,12). The fourth-order valence-electron chi connectivity index (χ4n) is 1.62. The van der Waals surface area contributed by atoms with Gasteiger partial charge in [-0.2, -0.15) is 0 Å². The number of carbonyl (C=O) groups is 1. The molecule has 0 spiro atoms. The van der Waals surface area contributed by atoms with E-state index in [4.69, 9.17) is 0 Å². The van der Waals surface area contributed by atoms with E-state index in [1.807, 2.05) is 0 Å². The normalized spacial score (nSPS) is 26.2. The predicted octanol–water partition coefficient (Wildman–Crippen LogP) is 2.09.